The van der Waals surface area contributed by atoms with Crippen molar-refractivity contribution in [1.82, 2.24) is 14.8 Å². The maximum atomic E-state index is 12.6. The number of thioether (sulfide) groups is 1. The lowest BCUT2D eigenvalue weighted by atomic mass is 10.2. The molecule has 0 bridgehead atoms. The van der Waals surface area contributed by atoms with E-state index in [4.69, 9.17) is 27.9 Å². The molecule has 4 rings (SSSR count). The lowest BCUT2D eigenvalue weighted by Gasteiger charge is -2.12. The first-order valence-corrected chi connectivity index (χ1v) is 11.9. The van der Waals surface area contributed by atoms with Gasteiger partial charge in [0, 0.05) is 16.3 Å². The molecule has 1 aromatic heterocycles. The number of rotatable bonds is 8. The average Bonchev–Trinajstić information content (AvgIpc) is 3.25. The lowest BCUT2D eigenvalue weighted by molar-refractivity contribution is -0.113. The number of hydrogen-bond acceptors (Lipinski definition) is 5. The highest BCUT2D eigenvalue weighted by Gasteiger charge is 2.18. The molecular weight excluding hydrogens is 479 g/mol. The molecule has 1 heterocycles. The van der Waals surface area contributed by atoms with E-state index in [1.165, 1.54) is 11.8 Å². The Hall–Kier alpha value is -3.00. The Labute approximate surface area is 205 Å². The van der Waals surface area contributed by atoms with Crippen LogP contribution in [0, 0.1) is 0 Å². The van der Waals surface area contributed by atoms with Gasteiger partial charge in [-0.05, 0) is 49.4 Å². The highest BCUT2D eigenvalue weighted by Crippen LogP contribution is 2.30. The summed E-state index contributed by atoms with van der Waals surface area (Å²) in [5, 5.41) is 13.0. The van der Waals surface area contributed by atoms with Gasteiger partial charge in [-0.25, -0.2) is 0 Å². The van der Waals surface area contributed by atoms with Gasteiger partial charge in [-0.1, -0.05) is 65.3 Å². The fraction of sp³-hybridized carbons (Fsp3) is 0.125. The van der Waals surface area contributed by atoms with Crippen molar-refractivity contribution in [2.24, 2.45) is 0 Å². The zero-order valence-corrected chi connectivity index (χ0v) is 20.0. The fourth-order valence-electron chi connectivity index (χ4n) is 3.14. The summed E-state index contributed by atoms with van der Waals surface area (Å²) in [6, 6.07) is 22.4. The molecule has 0 fully saturated rings. The molecule has 6 nitrogen and oxygen atoms in total. The lowest BCUT2D eigenvalue weighted by Crippen LogP contribution is -2.15. The molecule has 0 aliphatic rings. The minimum absolute atomic E-state index is 0.118. The topological polar surface area (TPSA) is 69.0 Å². The average molecular weight is 499 g/mol. The van der Waals surface area contributed by atoms with Gasteiger partial charge in [0.25, 0.3) is 0 Å². The molecule has 0 radical (unpaired) electrons. The van der Waals surface area contributed by atoms with E-state index in [2.05, 4.69) is 15.5 Å². The van der Waals surface area contributed by atoms with Crippen LogP contribution in [0.15, 0.2) is 78.0 Å². The number of ether oxygens (including phenoxy) is 1. The number of nitrogens with zero attached hydrogens (tertiary/aromatic N) is 3. The Bertz CT molecular complexity index is 1250. The van der Waals surface area contributed by atoms with Crippen molar-refractivity contribution in [2.75, 3.05) is 17.7 Å². The molecule has 0 saturated carbocycles. The van der Waals surface area contributed by atoms with Gasteiger partial charge >= 0.3 is 0 Å². The summed E-state index contributed by atoms with van der Waals surface area (Å²) in [6.07, 6.45) is 0. The molecule has 1 N–H and O–H groups in total. The standard InChI is InChI=1S/C24H20Cl2N4O2S/c1-2-32-19-11-9-18(10-12-19)30-23(16-6-4-3-5-7-16)28-29-24(30)33-15-22(31)27-21-14-17(25)8-13-20(21)26/h3-14H,2,15H2,1H3,(H,27,31). The number of aromatic nitrogens is 3. The van der Waals surface area contributed by atoms with Gasteiger partial charge in [-0.15, -0.1) is 10.2 Å². The minimum Gasteiger partial charge on any atom is -0.494 e. The quantitative estimate of drug-likeness (QED) is 0.285. The maximum absolute atomic E-state index is 12.6. The largest absolute Gasteiger partial charge is 0.494 e. The second-order valence-electron chi connectivity index (χ2n) is 6.90. The van der Waals surface area contributed by atoms with E-state index in [1.807, 2.05) is 66.1 Å². The van der Waals surface area contributed by atoms with Crippen molar-refractivity contribution >= 4 is 46.6 Å². The SMILES string of the molecule is CCOc1ccc(-n2c(SCC(=O)Nc3cc(Cl)ccc3Cl)nnc2-c2ccccc2)cc1. The van der Waals surface area contributed by atoms with Crippen LogP contribution in [0.25, 0.3) is 17.1 Å². The summed E-state index contributed by atoms with van der Waals surface area (Å²) in [5.74, 6) is 1.35. The van der Waals surface area contributed by atoms with E-state index in [0.717, 1.165) is 17.0 Å². The van der Waals surface area contributed by atoms with Gasteiger partial charge in [0.2, 0.25) is 5.91 Å². The van der Waals surface area contributed by atoms with Crippen molar-refractivity contribution < 1.29 is 9.53 Å². The third-order valence-electron chi connectivity index (χ3n) is 4.61. The number of nitrogens with one attached hydrogen (secondary N) is 1. The van der Waals surface area contributed by atoms with E-state index in [-0.39, 0.29) is 11.7 Å². The van der Waals surface area contributed by atoms with E-state index in [9.17, 15) is 4.79 Å². The van der Waals surface area contributed by atoms with E-state index in [0.29, 0.717) is 33.3 Å². The summed E-state index contributed by atoms with van der Waals surface area (Å²) in [4.78, 5) is 12.6. The van der Waals surface area contributed by atoms with Crippen LogP contribution < -0.4 is 10.1 Å². The van der Waals surface area contributed by atoms with Gasteiger partial charge in [0.15, 0.2) is 11.0 Å². The highest BCUT2D eigenvalue weighted by atomic mass is 35.5. The summed E-state index contributed by atoms with van der Waals surface area (Å²) in [7, 11) is 0. The molecule has 0 aliphatic heterocycles. The van der Waals surface area contributed by atoms with E-state index >= 15 is 0 Å². The number of amides is 1. The molecule has 0 unspecified atom stereocenters. The Balaban J connectivity index is 1.59. The molecule has 168 valence electrons. The Morgan fingerprint density at radius 3 is 2.52 bits per heavy atom. The van der Waals surface area contributed by atoms with Crippen molar-refractivity contribution in [3.8, 4) is 22.8 Å². The zero-order valence-electron chi connectivity index (χ0n) is 17.7. The summed E-state index contributed by atoms with van der Waals surface area (Å²) >= 11 is 13.4. The predicted molar refractivity (Wildman–Crippen MR) is 134 cm³/mol. The number of carbonyl (C=O) groups excluding carboxylic acids is 1. The highest BCUT2D eigenvalue weighted by molar-refractivity contribution is 7.99. The molecule has 4 aromatic rings. The number of anilines is 1. The van der Waals surface area contributed by atoms with Crippen LogP contribution >= 0.6 is 35.0 Å². The minimum atomic E-state index is -0.230. The Morgan fingerprint density at radius 2 is 1.79 bits per heavy atom. The molecule has 0 spiro atoms. The molecule has 33 heavy (non-hydrogen) atoms. The van der Waals surface area contributed by atoms with Crippen LogP contribution in [-0.2, 0) is 4.79 Å². The van der Waals surface area contributed by atoms with Crippen LogP contribution in [0.1, 0.15) is 6.92 Å². The second-order valence-corrected chi connectivity index (χ2v) is 8.68. The zero-order chi connectivity index (χ0) is 23.2. The first-order valence-electron chi connectivity index (χ1n) is 10.2. The van der Waals surface area contributed by atoms with Crippen LogP contribution in [0.3, 0.4) is 0 Å². The van der Waals surface area contributed by atoms with Gasteiger partial charge in [0.05, 0.1) is 23.1 Å². The third kappa shape index (κ3) is 5.68. The van der Waals surface area contributed by atoms with Gasteiger partial charge in [-0.3, -0.25) is 9.36 Å². The van der Waals surface area contributed by atoms with Crippen molar-refractivity contribution in [3.05, 3.63) is 82.8 Å². The number of hydrogen-bond donors (Lipinski definition) is 1. The number of benzene rings is 3. The Morgan fingerprint density at radius 1 is 1.03 bits per heavy atom. The molecule has 0 aliphatic carbocycles. The van der Waals surface area contributed by atoms with E-state index in [1.54, 1.807) is 18.2 Å². The Kier molecular flexibility index (Phi) is 7.54. The van der Waals surface area contributed by atoms with Crippen molar-refractivity contribution in [1.29, 1.82) is 0 Å². The normalized spacial score (nSPS) is 10.8. The predicted octanol–water partition coefficient (Wildman–Crippen LogP) is 6.37. The van der Waals surface area contributed by atoms with Crippen LogP contribution in [0.2, 0.25) is 10.0 Å². The fourth-order valence-corrected chi connectivity index (χ4v) is 4.23. The van der Waals surface area contributed by atoms with Gasteiger partial charge < -0.3 is 10.1 Å². The third-order valence-corrected chi connectivity index (χ3v) is 6.10. The first-order chi connectivity index (χ1) is 16.0. The second kappa shape index (κ2) is 10.7. The summed E-state index contributed by atoms with van der Waals surface area (Å²) in [5.41, 5.74) is 2.25. The molecule has 3 aromatic carbocycles. The van der Waals surface area contributed by atoms with Gasteiger partial charge in [-0.2, -0.15) is 0 Å². The van der Waals surface area contributed by atoms with Gasteiger partial charge in [0.1, 0.15) is 5.75 Å². The van der Waals surface area contributed by atoms with Crippen LogP contribution in [0.4, 0.5) is 5.69 Å². The smallest absolute Gasteiger partial charge is 0.234 e. The molecule has 0 atom stereocenters. The summed E-state index contributed by atoms with van der Waals surface area (Å²) < 4.78 is 7.48. The molecule has 9 heteroatoms. The van der Waals surface area contributed by atoms with Crippen LogP contribution in [0.5, 0.6) is 5.75 Å². The maximum Gasteiger partial charge on any atom is 0.234 e. The monoisotopic (exact) mass is 498 g/mol. The molecular formula is C24H20Cl2N4O2S. The van der Waals surface area contributed by atoms with Crippen molar-refractivity contribution in [2.45, 2.75) is 12.1 Å². The summed E-state index contributed by atoms with van der Waals surface area (Å²) in [6.45, 7) is 2.53. The van der Waals surface area contributed by atoms with Crippen LogP contribution in [-0.4, -0.2) is 33.0 Å². The molecule has 1 amide bonds. The number of carbonyl (C=O) groups is 1. The molecule has 0 saturated heterocycles. The number of halogens is 2. The van der Waals surface area contributed by atoms with Crippen molar-refractivity contribution in [3.63, 3.8) is 0 Å². The van der Waals surface area contributed by atoms with E-state index < -0.39 is 0 Å². The first kappa shape index (κ1) is 23.2.